The highest BCUT2D eigenvalue weighted by atomic mass is 35.5. The van der Waals surface area contributed by atoms with Gasteiger partial charge >= 0.3 is 0 Å². The van der Waals surface area contributed by atoms with Crippen molar-refractivity contribution < 1.29 is 5.11 Å². The van der Waals surface area contributed by atoms with Gasteiger partial charge in [0.05, 0.1) is 16.1 Å². The third-order valence-electron chi connectivity index (χ3n) is 2.56. The van der Waals surface area contributed by atoms with Gasteiger partial charge in [-0.2, -0.15) is 11.3 Å². The van der Waals surface area contributed by atoms with Crippen LogP contribution in [0.2, 0.25) is 10.0 Å². The molecule has 0 aliphatic heterocycles. The zero-order chi connectivity index (χ0) is 13.8. The molecule has 0 bridgehead atoms. The van der Waals surface area contributed by atoms with E-state index in [1.165, 1.54) is 0 Å². The van der Waals surface area contributed by atoms with Crippen LogP contribution in [0.3, 0.4) is 0 Å². The molecular formula is C12H13Cl2N3OS. The molecule has 0 radical (unpaired) electrons. The Balaban J connectivity index is 2.07. The van der Waals surface area contributed by atoms with Crippen molar-refractivity contribution in [1.82, 2.24) is 4.98 Å². The fraction of sp³-hybridized carbons (Fsp3) is 0.250. The molecule has 3 N–H and O–H groups in total. The number of pyridine rings is 1. The summed E-state index contributed by atoms with van der Waals surface area (Å²) in [5.74, 6) is 1.03. The molecule has 4 nitrogen and oxygen atoms in total. The number of nitrogens with zero attached hydrogens (tertiary/aromatic N) is 1. The highest BCUT2D eigenvalue weighted by molar-refractivity contribution is 7.07. The Kier molecular flexibility index (Phi) is 4.87. The lowest BCUT2D eigenvalue weighted by atomic mass is 10.2. The van der Waals surface area contributed by atoms with E-state index in [0.29, 0.717) is 28.2 Å². The number of thiophene rings is 1. The first kappa shape index (κ1) is 14.4. The Labute approximate surface area is 125 Å². The van der Waals surface area contributed by atoms with E-state index < -0.39 is 6.10 Å². The fourth-order valence-electron chi connectivity index (χ4n) is 1.54. The van der Waals surface area contributed by atoms with Crippen LogP contribution in [0.1, 0.15) is 11.7 Å². The summed E-state index contributed by atoms with van der Waals surface area (Å²) in [7, 11) is 1.73. The smallest absolute Gasteiger partial charge is 0.147 e. The Morgan fingerprint density at radius 1 is 1.37 bits per heavy atom. The van der Waals surface area contributed by atoms with Crippen LogP contribution in [0, 0.1) is 0 Å². The third kappa shape index (κ3) is 3.51. The van der Waals surface area contributed by atoms with Crippen LogP contribution in [0.15, 0.2) is 22.9 Å². The molecule has 2 aromatic rings. The van der Waals surface area contributed by atoms with Crippen molar-refractivity contribution in [3.63, 3.8) is 0 Å². The number of aliphatic hydroxyl groups is 1. The van der Waals surface area contributed by atoms with Gasteiger partial charge in [-0.3, -0.25) is 0 Å². The summed E-state index contributed by atoms with van der Waals surface area (Å²) in [5.41, 5.74) is 0.872. The predicted octanol–water partition coefficient (Wildman–Crippen LogP) is 3.64. The highest BCUT2D eigenvalue weighted by Gasteiger charge is 2.11. The van der Waals surface area contributed by atoms with Crippen molar-refractivity contribution in [2.45, 2.75) is 6.10 Å². The van der Waals surface area contributed by atoms with Crippen molar-refractivity contribution in [2.75, 3.05) is 24.2 Å². The quantitative estimate of drug-likeness (QED) is 0.788. The maximum absolute atomic E-state index is 9.97. The van der Waals surface area contributed by atoms with Gasteiger partial charge in [0.2, 0.25) is 0 Å². The lowest BCUT2D eigenvalue weighted by Crippen LogP contribution is -2.13. The minimum Gasteiger partial charge on any atom is -0.387 e. The summed E-state index contributed by atoms with van der Waals surface area (Å²) in [4.78, 5) is 4.25. The molecule has 2 heterocycles. The van der Waals surface area contributed by atoms with E-state index in [0.717, 1.165) is 5.56 Å². The molecule has 0 saturated carbocycles. The second-order valence-corrected chi connectivity index (χ2v) is 5.45. The number of anilines is 2. The molecule has 0 saturated heterocycles. The second-order valence-electron chi connectivity index (χ2n) is 3.85. The largest absolute Gasteiger partial charge is 0.387 e. The molecule has 0 spiro atoms. The first-order valence-corrected chi connectivity index (χ1v) is 7.29. The minimum atomic E-state index is -0.599. The van der Waals surface area contributed by atoms with Crippen molar-refractivity contribution in [3.05, 3.63) is 38.5 Å². The van der Waals surface area contributed by atoms with E-state index in [1.807, 2.05) is 16.8 Å². The number of nitrogens with one attached hydrogen (secondary N) is 2. The summed E-state index contributed by atoms with van der Waals surface area (Å²) >= 11 is 13.6. The summed E-state index contributed by atoms with van der Waals surface area (Å²) in [6.45, 7) is 0.328. The van der Waals surface area contributed by atoms with Crippen LogP contribution in [0.25, 0.3) is 0 Å². The Morgan fingerprint density at radius 3 is 2.74 bits per heavy atom. The normalized spacial score (nSPS) is 12.2. The maximum Gasteiger partial charge on any atom is 0.147 e. The van der Waals surface area contributed by atoms with Crippen molar-refractivity contribution in [2.24, 2.45) is 0 Å². The summed E-state index contributed by atoms with van der Waals surface area (Å²) in [5, 5.41) is 20.6. The van der Waals surface area contributed by atoms with Crippen molar-refractivity contribution >= 4 is 46.2 Å². The highest BCUT2D eigenvalue weighted by Crippen LogP contribution is 2.29. The Morgan fingerprint density at radius 2 is 2.11 bits per heavy atom. The molecule has 0 amide bonds. The van der Waals surface area contributed by atoms with Crippen molar-refractivity contribution in [1.29, 1.82) is 0 Å². The first-order valence-electron chi connectivity index (χ1n) is 5.59. The standard InChI is InChI=1S/C12H13Cl2N3OS/c1-15-11-8(13)4-9(14)12(17-11)16-5-10(18)7-2-3-19-6-7/h2-4,6,10,18H,5H2,1H3,(H2,15,16,17). The second kappa shape index (κ2) is 6.43. The van der Waals surface area contributed by atoms with Gasteiger partial charge < -0.3 is 15.7 Å². The number of halogens is 2. The maximum atomic E-state index is 9.97. The van der Waals surface area contributed by atoms with Crippen LogP contribution in [0.5, 0.6) is 0 Å². The van der Waals surface area contributed by atoms with Crippen LogP contribution in [0.4, 0.5) is 11.6 Å². The lowest BCUT2D eigenvalue weighted by Gasteiger charge is -2.13. The van der Waals surface area contributed by atoms with Crippen LogP contribution >= 0.6 is 34.5 Å². The van der Waals surface area contributed by atoms with Crippen LogP contribution < -0.4 is 10.6 Å². The van der Waals surface area contributed by atoms with Gasteiger partial charge in [-0.05, 0) is 28.5 Å². The fourth-order valence-corrected chi connectivity index (χ4v) is 2.77. The van der Waals surface area contributed by atoms with E-state index in [4.69, 9.17) is 23.2 Å². The average Bonchev–Trinajstić information content (AvgIpc) is 2.91. The first-order chi connectivity index (χ1) is 9.11. The Hall–Kier alpha value is -1.01. The minimum absolute atomic E-state index is 0.328. The monoisotopic (exact) mass is 317 g/mol. The van der Waals surface area contributed by atoms with Gasteiger partial charge in [0.25, 0.3) is 0 Å². The van der Waals surface area contributed by atoms with Gasteiger partial charge in [-0.25, -0.2) is 4.98 Å². The predicted molar refractivity (Wildman–Crippen MR) is 81.6 cm³/mol. The molecule has 0 aliphatic rings. The zero-order valence-electron chi connectivity index (χ0n) is 10.2. The lowest BCUT2D eigenvalue weighted by molar-refractivity contribution is 0.192. The van der Waals surface area contributed by atoms with Gasteiger partial charge in [0, 0.05) is 13.6 Å². The molecule has 7 heteroatoms. The topological polar surface area (TPSA) is 57.2 Å². The number of aromatic nitrogens is 1. The summed E-state index contributed by atoms with van der Waals surface area (Å²) in [6.07, 6.45) is -0.599. The molecule has 0 aliphatic carbocycles. The van der Waals surface area contributed by atoms with E-state index in [9.17, 15) is 5.11 Å². The number of aliphatic hydroxyl groups excluding tert-OH is 1. The van der Waals surface area contributed by atoms with Gasteiger partial charge in [-0.1, -0.05) is 23.2 Å². The number of hydrogen-bond donors (Lipinski definition) is 3. The van der Waals surface area contributed by atoms with Gasteiger partial charge in [-0.15, -0.1) is 0 Å². The molecule has 0 aromatic carbocycles. The number of hydrogen-bond acceptors (Lipinski definition) is 5. The van der Waals surface area contributed by atoms with Crippen LogP contribution in [-0.4, -0.2) is 23.7 Å². The summed E-state index contributed by atoms with van der Waals surface area (Å²) in [6, 6.07) is 3.49. The van der Waals surface area contributed by atoms with E-state index in [1.54, 1.807) is 24.5 Å². The molecule has 1 atom stereocenters. The third-order valence-corrected chi connectivity index (χ3v) is 3.83. The Bertz CT molecular complexity index is 548. The molecule has 102 valence electrons. The van der Waals surface area contributed by atoms with E-state index in [-0.39, 0.29) is 0 Å². The number of rotatable bonds is 5. The SMILES string of the molecule is CNc1nc(NCC(O)c2ccsc2)c(Cl)cc1Cl. The van der Waals surface area contributed by atoms with Crippen LogP contribution in [-0.2, 0) is 0 Å². The molecule has 2 aromatic heterocycles. The van der Waals surface area contributed by atoms with E-state index in [2.05, 4.69) is 15.6 Å². The van der Waals surface area contributed by atoms with Gasteiger partial charge in [0.15, 0.2) is 0 Å². The average molecular weight is 318 g/mol. The molecule has 0 fully saturated rings. The molecule has 2 rings (SSSR count). The summed E-state index contributed by atoms with van der Waals surface area (Å²) < 4.78 is 0. The zero-order valence-corrected chi connectivity index (χ0v) is 12.5. The molecule has 19 heavy (non-hydrogen) atoms. The van der Waals surface area contributed by atoms with Crippen molar-refractivity contribution in [3.8, 4) is 0 Å². The molecular weight excluding hydrogens is 305 g/mol. The van der Waals surface area contributed by atoms with Gasteiger partial charge in [0.1, 0.15) is 11.6 Å². The molecule has 1 unspecified atom stereocenters. The van der Waals surface area contributed by atoms with E-state index >= 15 is 0 Å².